The molecular formula is C26H33NO. The van der Waals surface area contributed by atoms with Gasteiger partial charge in [-0.3, -0.25) is 0 Å². The number of methoxy groups -OCH3 is 1. The van der Waals surface area contributed by atoms with Gasteiger partial charge >= 0.3 is 0 Å². The lowest BCUT2D eigenvalue weighted by Crippen LogP contribution is -2.15. The largest absolute Gasteiger partial charge is 0.496 e. The van der Waals surface area contributed by atoms with Crippen molar-refractivity contribution in [3.05, 3.63) is 82.4 Å². The zero-order valence-corrected chi connectivity index (χ0v) is 17.6. The summed E-state index contributed by atoms with van der Waals surface area (Å²) >= 11 is 0. The minimum atomic E-state index is 0.924. The van der Waals surface area contributed by atoms with E-state index in [-0.39, 0.29) is 0 Å². The van der Waals surface area contributed by atoms with Crippen molar-refractivity contribution in [3.63, 3.8) is 0 Å². The summed E-state index contributed by atoms with van der Waals surface area (Å²) in [6, 6.07) is 15.7. The maximum absolute atomic E-state index is 5.43. The van der Waals surface area contributed by atoms with Gasteiger partial charge in [0.15, 0.2) is 0 Å². The fourth-order valence-electron chi connectivity index (χ4n) is 3.79. The van der Waals surface area contributed by atoms with Crippen LogP contribution in [0.2, 0.25) is 0 Å². The smallest absolute Gasteiger partial charge is 0.122 e. The van der Waals surface area contributed by atoms with Crippen LogP contribution in [0.25, 0.3) is 5.70 Å². The molecule has 0 fully saturated rings. The fraction of sp³-hybridized carbons (Fsp3) is 0.385. The van der Waals surface area contributed by atoms with Crippen LogP contribution >= 0.6 is 0 Å². The molecule has 0 bridgehead atoms. The summed E-state index contributed by atoms with van der Waals surface area (Å²) in [5.74, 6) is 1.01. The first-order valence-corrected chi connectivity index (χ1v) is 10.6. The number of aryl methyl sites for hydroxylation is 3. The predicted molar refractivity (Wildman–Crippen MR) is 120 cm³/mol. The second-order valence-electron chi connectivity index (χ2n) is 7.64. The van der Waals surface area contributed by atoms with Crippen LogP contribution in [-0.4, -0.2) is 13.7 Å². The summed E-state index contributed by atoms with van der Waals surface area (Å²) in [7, 11) is 1.75. The summed E-state index contributed by atoms with van der Waals surface area (Å²) in [4.78, 5) is 0. The van der Waals surface area contributed by atoms with Crippen LogP contribution in [0, 0.1) is 0 Å². The molecule has 0 atom stereocenters. The highest BCUT2D eigenvalue weighted by atomic mass is 16.5. The SMILES string of the molecule is CCc1cc(CCCCCc2ccc(C3=CC(C)=CCN3)cc2)ccc1OC. The third-order valence-corrected chi connectivity index (χ3v) is 5.51. The van der Waals surface area contributed by atoms with Gasteiger partial charge in [-0.2, -0.15) is 0 Å². The van der Waals surface area contributed by atoms with Gasteiger partial charge in [-0.25, -0.2) is 0 Å². The van der Waals surface area contributed by atoms with Crippen LogP contribution in [0.15, 0.2) is 60.2 Å². The van der Waals surface area contributed by atoms with Gasteiger partial charge < -0.3 is 10.1 Å². The van der Waals surface area contributed by atoms with Gasteiger partial charge in [0.05, 0.1) is 7.11 Å². The van der Waals surface area contributed by atoms with E-state index in [1.54, 1.807) is 7.11 Å². The standard InChI is InChI=1S/C26H33NO/c1-4-23-19-22(12-15-26(23)28-3)9-7-5-6-8-21-10-13-24(14-11-21)25-18-20(2)16-17-27-25/h10-16,18-19,27H,4-9,17H2,1-3H3. The molecule has 1 aliphatic rings. The Morgan fingerprint density at radius 1 is 0.929 bits per heavy atom. The van der Waals surface area contributed by atoms with E-state index >= 15 is 0 Å². The zero-order valence-electron chi connectivity index (χ0n) is 17.6. The van der Waals surface area contributed by atoms with E-state index in [0.29, 0.717) is 0 Å². The molecule has 148 valence electrons. The molecule has 0 radical (unpaired) electrons. The summed E-state index contributed by atoms with van der Waals surface area (Å²) in [6.45, 7) is 5.27. The highest BCUT2D eigenvalue weighted by Gasteiger charge is 2.05. The van der Waals surface area contributed by atoms with E-state index in [2.05, 4.69) is 73.8 Å². The van der Waals surface area contributed by atoms with E-state index in [1.165, 1.54) is 52.8 Å². The van der Waals surface area contributed by atoms with Crippen molar-refractivity contribution in [3.8, 4) is 5.75 Å². The molecule has 2 aromatic carbocycles. The lowest BCUT2D eigenvalue weighted by atomic mass is 10.00. The number of ether oxygens (including phenoxy) is 1. The Hall–Kier alpha value is -2.48. The molecule has 0 amide bonds. The molecule has 2 aromatic rings. The van der Waals surface area contributed by atoms with Crippen molar-refractivity contribution in [2.24, 2.45) is 0 Å². The summed E-state index contributed by atoms with van der Waals surface area (Å²) in [6.07, 6.45) is 11.5. The monoisotopic (exact) mass is 375 g/mol. The van der Waals surface area contributed by atoms with Crippen LogP contribution in [0.3, 0.4) is 0 Å². The minimum absolute atomic E-state index is 0.924. The highest BCUT2D eigenvalue weighted by Crippen LogP contribution is 2.22. The Morgan fingerprint density at radius 2 is 1.64 bits per heavy atom. The van der Waals surface area contributed by atoms with Crippen LogP contribution in [0.1, 0.15) is 55.4 Å². The molecule has 1 N–H and O–H groups in total. The number of hydrogen-bond donors (Lipinski definition) is 1. The van der Waals surface area contributed by atoms with Crippen LogP contribution < -0.4 is 10.1 Å². The third-order valence-electron chi connectivity index (χ3n) is 5.51. The summed E-state index contributed by atoms with van der Waals surface area (Å²) < 4.78 is 5.43. The molecular weight excluding hydrogens is 342 g/mol. The van der Waals surface area contributed by atoms with Gasteiger partial charge in [-0.1, -0.05) is 61.4 Å². The minimum Gasteiger partial charge on any atom is -0.496 e. The van der Waals surface area contributed by atoms with Crippen molar-refractivity contribution in [2.45, 2.75) is 52.4 Å². The Kier molecular flexibility index (Phi) is 7.36. The highest BCUT2D eigenvalue weighted by molar-refractivity contribution is 5.68. The molecule has 1 aliphatic heterocycles. The van der Waals surface area contributed by atoms with Gasteiger partial charge in [0.2, 0.25) is 0 Å². The second kappa shape index (κ2) is 10.2. The molecule has 2 nitrogen and oxygen atoms in total. The molecule has 0 saturated carbocycles. The van der Waals surface area contributed by atoms with Gasteiger partial charge in [-0.15, -0.1) is 0 Å². The third kappa shape index (κ3) is 5.51. The molecule has 0 spiro atoms. The molecule has 0 saturated heterocycles. The molecule has 0 aliphatic carbocycles. The lowest BCUT2D eigenvalue weighted by molar-refractivity contribution is 0.410. The van der Waals surface area contributed by atoms with E-state index in [9.17, 15) is 0 Å². The van der Waals surface area contributed by atoms with E-state index in [0.717, 1.165) is 31.6 Å². The quantitative estimate of drug-likeness (QED) is 0.534. The molecule has 0 aromatic heterocycles. The number of hydrogen-bond acceptors (Lipinski definition) is 2. The van der Waals surface area contributed by atoms with Crippen molar-refractivity contribution in [1.29, 1.82) is 0 Å². The number of allylic oxidation sites excluding steroid dienone is 2. The summed E-state index contributed by atoms with van der Waals surface area (Å²) in [5, 5.41) is 3.45. The van der Waals surface area contributed by atoms with E-state index in [1.807, 2.05) is 0 Å². The average Bonchev–Trinajstić information content (AvgIpc) is 2.73. The molecule has 28 heavy (non-hydrogen) atoms. The topological polar surface area (TPSA) is 21.3 Å². The number of nitrogens with one attached hydrogen (secondary N) is 1. The van der Waals surface area contributed by atoms with E-state index < -0.39 is 0 Å². The lowest BCUT2D eigenvalue weighted by Gasteiger charge is -2.15. The van der Waals surface area contributed by atoms with Crippen LogP contribution in [0.5, 0.6) is 5.75 Å². The number of dihydropyridines is 1. The second-order valence-corrected chi connectivity index (χ2v) is 7.64. The van der Waals surface area contributed by atoms with E-state index in [4.69, 9.17) is 4.74 Å². The normalized spacial score (nSPS) is 13.5. The number of rotatable bonds is 9. The molecule has 3 rings (SSSR count). The van der Waals surface area contributed by atoms with Crippen molar-refractivity contribution in [1.82, 2.24) is 5.32 Å². The number of benzene rings is 2. The van der Waals surface area contributed by atoms with Gasteiger partial charge in [0.1, 0.15) is 5.75 Å². The maximum atomic E-state index is 5.43. The molecule has 2 heteroatoms. The number of unbranched alkanes of at least 4 members (excludes halogenated alkanes) is 2. The summed E-state index contributed by atoms with van der Waals surface area (Å²) in [5.41, 5.74) is 8.03. The van der Waals surface area contributed by atoms with Crippen LogP contribution in [-0.2, 0) is 19.3 Å². The predicted octanol–water partition coefficient (Wildman–Crippen LogP) is 6.10. The Bertz CT molecular complexity index is 830. The maximum Gasteiger partial charge on any atom is 0.122 e. The van der Waals surface area contributed by atoms with Crippen molar-refractivity contribution in [2.75, 3.05) is 13.7 Å². The Balaban J connectivity index is 1.42. The van der Waals surface area contributed by atoms with Gasteiger partial charge in [0, 0.05) is 12.2 Å². The first-order chi connectivity index (χ1) is 13.7. The van der Waals surface area contributed by atoms with Crippen molar-refractivity contribution >= 4 is 5.70 Å². The zero-order chi connectivity index (χ0) is 19.8. The Morgan fingerprint density at radius 3 is 2.32 bits per heavy atom. The first kappa shape index (κ1) is 20.3. The first-order valence-electron chi connectivity index (χ1n) is 10.6. The molecule has 0 unspecified atom stereocenters. The van der Waals surface area contributed by atoms with Gasteiger partial charge in [-0.05, 0) is 73.4 Å². The van der Waals surface area contributed by atoms with Gasteiger partial charge in [0.25, 0.3) is 0 Å². The van der Waals surface area contributed by atoms with Crippen molar-refractivity contribution < 1.29 is 4.74 Å². The fourth-order valence-corrected chi connectivity index (χ4v) is 3.79. The molecule has 1 heterocycles. The average molecular weight is 376 g/mol. The Labute approximate surface area is 170 Å². The van der Waals surface area contributed by atoms with Crippen LogP contribution in [0.4, 0.5) is 0 Å².